The summed E-state index contributed by atoms with van der Waals surface area (Å²) in [6.07, 6.45) is 1.59. The van der Waals surface area contributed by atoms with E-state index in [1.165, 1.54) is 11.8 Å². The molecule has 3 aromatic heterocycles. The van der Waals surface area contributed by atoms with Gasteiger partial charge in [-0.25, -0.2) is 4.98 Å². The van der Waals surface area contributed by atoms with Crippen molar-refractivity contribution < 1.29 is 13.9 Å². The number of thioether (sulfide) groups is 1. The molecule has 31 heavy (non-hydrogen) atoms. The number of benzene rings is 2. The fourth-order valence-corrected chi connectivity index (χ4v) is 3.99. The zero-order valence-electron chi connectivity index (χ0n) is 16.5. The standard InChI is InChI=1S/C22H17N5O3S/c1-29-15-7-4-6-14(12-15)23-19(28)13-31-22-26-25-20-16-8-2-3-9-17(16)24-21(27(20)22)18-10-5-11-30-18/h2-12H,13H2,1H3,(H,23,28). The van der Waals surface area contributed by atoms with Gasteiger partial charge in [0.05, 0.1) is 24.6 Å². The van der Waals surface area contributed by atoms with Crippen LogP contribution in [0, 0.1) is 0 Å². The Hall–Kier alpha value is -3.85. The van der Waals surface area contributed by atoms with Crippen molar-refractivity contribution in [2.24, 2.45) is 0 Å². The molecule has 154 valence electrons. The number of aromatic nitrogens is 4. The molecule has 0 saturated carbocycles. The normalized spacial score (nSPS) is 11.1. The Balaban J connectivity index is 1.46. The number of anilines is 1. The van der Waals surface area contributed by atoms with Crippen LogP contribution in [0.15, 0.2) is 76.5 Å². The Bertz CT molecular complexity index is 1380. The van der Waals surface area contributed by atoms with Crippen LogP contribution in [0.5, 0.6) is 5.75 Å². The number of furan rings is 1. The van der Waals surface area contributed by atoms with Crippen molar-refractivity contribution in [1.82, 2.24) is 19.6 Å². The maximum absolute atomic E-state index is 12.5. The summed E-state index contributed by atoms with van der Waals surface area (Å²) in [7, 11) is 1.58. The van der Waals surface area contributed by atoms with Crippen molar-refractivity contribution in [2.45, 2.75) is 5.16 Å². The van der Waals surface area contributed by atoms with Gasteiger partial charge in [0, 0.05) is 17.1 Å². The summed E-state index contributed by atoms with van der Waals surface area (Å²) in [5, 5.41) is 13.0. The van der Waals surface area contributed by atoms with Crippen molar-refractivity contribution in [2.75, 3.05) is 18.2 Å². The molecule has 0 aliphatic carbocycles. The number of ether oxygens (including phenoxy) is 1. The molecule has 0 atom stereocenters. The van der Waals surface area contributed by atoms with E-state index in [9.17, 15) is 4.79 Å². The van der Waals surface area contributed by atoms with Gasteiger partial charge in [-0.3, -0.25) is 9.20 Å². The Labute approximate surface area is 181 Å². The molecule has 0 saturated heterocycles. The van der Waals surface area contributed by atoms with Gasteiger partial charge in [0.1, 0.15) is 5.75 Å². The molecule has 5 aromatic rings. The number of rotatable bonds is 6. The molecule has 0 spiro atoms. The monoisotopic (exact) mass is 431 g/mol. The van der Waals surface area contributed by atoms with Gasteiger partial charge < -0.3 is 14.5 Å². The highest BCUT2D eigenvalue weighted by Gasteiger charge is 2.19. The van der Waals surface area contributed by atoms with E-state index in [1.807, 2.05) is 52.9 Å². The Morgan fingerprint density at radius 2 is 2.03 bits per heavy atom. The predicted octanol–water partition coefficient (Wildman–Crippen LogP) is 4.28. The summed E-state index contributed by atoms with van der Waals surface area (Å²) in [6.45, 7) is 0. The van der Waals surface area contributed by atoms with Crippen LogP contribution in [0.2, 0.25) is 0 Å². The fraction of sp³-hybridized carbons (Fsp3) is 0.0909. The SMILES string of the molecule is COc1cccc(NC(=O)CSc2nnc3c4ccccc4nc(-c4ccco4)n23)c1. The molecule has 0 aliphatic rings. The molecule has 0 unspecified atom stereocenters. The number of fused-ring (bicyclic) bond motifs is 3. The van der Waals surface area contributed by atoms with Gasteiger partial charge in [-0.05, 0) is 36.4 Å². The summed E-state index contributed by atoms with van der Waals surface area (Å²) in [5.41, 5.74) is 2.12. The number of carbonyl (C=O) groups is 1. The van der Waals surface area contributed by atoms with Gasteiger partial charge in [0.15, 0.2) is 22.4 Å². The molecule has 0 fully saturated rings. The summed E-state index contributed by atoms with van der Waals surface area (Å²) < 4.78 is 12.6. The molecular formula is C22H17N5O3S. The zero-order chi connectivity index (χ0) is 21.2. The third-order valence-electron chi connectivity index (χ3n) is 4.64. The van der Waals surface area contributed by atoms with Crippen molar-refractivity contribution in [1.29, 1.82) is 0 Å². The smallest absolute Gasteiger partial charge is 0.234 e. The van der Waals surface area contributed by atoms with Crippen LogP contribution in [0.3, 0.4) is 0 Å². The molecule has 1 amide bonds. The van der Waals surface area contributed by atoms with Crippen LogP contribution < -0.4 is 10.1 Å². The van der Waals surface area contributed by atoms with Crippen LogP contribution in [0.1, 0.15) is 0 Å². The largest absolute Gasteiger partial charge is 0.497 e. The second-order valence-electron chi connectivity index (χ2n) is 6.64. The van der Waals surface area contributed by atoms with E-state index in [-0.39, 0.29) is 11.7 Å². The summed E-state index contributed by atoms with van der Waals surface area (Å²) in [4.78, 5) is 17.3. The first-order valence-corrected chi connectivity index (χ1v) is 10.5. The topological polar surface area (TPSA) is 94.5 Å². The molecule has 2 aromatic carbocycles. The molecule has 1 N–H and O–H groups in total. The summed E-state index contributed by atoms with van der Waals surface area (Å²) in [5.74, 6) is 1.85. The minimum absolute atomic E-state index is 0.155. The maximum Gasteiger partial charge on any atom is 0.234 e. The first kappa shape index (κ1) is 19.1. The van der Waals surface area contributed by atoms with E-state index < -0.39 is 0 Å². The van der Waals surface area contributed by atoms with Crippen LogP contribution in [-0.4, -0.2) is 38.4 Å². The zero-order valence-corrected chi connectivity index (χ0v) is 17.3. The third-order valence-corrected chi connectivity index (χ3v) is 5.57. The molecule has 8 nitrogen and oxygen atoms in total. The molecule has 0 radical (unpaired) electrons. The maximum atomic E-state index is 12.5. The number of para-hydroxylation sites is 1. The number of methoxy groups -OCH3 is 1. The minimum atomic E-state index is -0.164. The van der Waals surface area contributed by atoms with Crippen molar-refractivity contribution in [3.8, 4) is 17.3 Å². The second-order valence-corrected chi connectivity index (χ2v) is 7.58. The first-order valence-electron chi connectivity index (χ1n) is 9.47. The van der Waals surface area contributed by atoms with Gasteiger partial charge >= 0.3 is 0 Å². The van der Waals surface area contributed by atoms with E-state index >= 15 is 0 Å². The van der Waals surface area contributed by atoms with Crippen LogP contribution >= 0.6 is 11.8 Å². The summed E-state index contributed by atoms with van der Waals surface area (Å²) in [6, 6.07) is 18.6. The van der Waals surface area contributed by atoms with E-state index in [0.29, 0.717) is 33.8 Å². The van der Waals surface area contributed by atoms with E-state index in [2.05, 4.69) is 15.5 Å². The number of hydrogen-bond donors (Lipinski definition) is 1. The lowest BCUT2D eigenvalue weighted by Crippen LogP contribution is -2.14. The average molecular weight is 431 g/mol. The first-order chi connectivity index (χ1) is 15.2. The van der Waals surface area contributed by atoms with Crippen LogP contribution in [0.4, 0.5) is 5.69 Å². The number of amides is 1. The Morgan fingerprint density at radius 1 is 1.13 bits per heavy atom. The lowest BCUT2D eigenvalue weighted by Gasteiger charge is -2.08. The van der Waals surface area contributed by atoms with Crippen LogP contribution in [0.25, 0.3) is 28.1 Å². The van der Waals surface area contributed by atoms with E-state index in [0.717, 1.165) is 10.9 Å². The summed E-state index contributed by atoms with van der Waals surface area (Å²) >= 11 is 1.28. The Morgan fingerprint density at radius 3 is 2.87 bits per heavy atom. The van der Waals surface area contributed by atoms with Gasteiger partial charge in [0.25, 0.3) is 0 Å². The predicted molar refractivity (Wildman–Crippen MR) is 118 cm³/mol. The molecule has 0 aliphatic heterocycles. The van der Waals surface area contributed by atoms with Gasteiger partial charge in [-0.1, -0.05) is 30.0 Å². The van der Waals surface area contributed by atoms with Crippen molar-refractivity contribution >= 4 is 39.9 Å². The van der Waals surface area contributed by atoms with Gasteiger partial charge in [-0.2, -0.15) is 0 Å². The fourth-order valence-electron chi connectivity index (χ4n) is 3.25. The highest BCUT2D eigenvalue weighted by Crippen LogP contribution is 2.29. The highest BCUT2D eigenvalue weighted by molar-refractivity contribution is 7.99. The lowest BCUT2D eigenvalue weighted by atomic mass is 10.2. The van der Waals surface area contributed by atoms with E-state index in [1.54, 1.807) is 25.5 Å². The Kier molecular flexibility index (Phi) is 5.01. The number of carbonyl (C=O) groups excluding carboxylic acids is 1. The molecule has 9 heteroatoms. The average Bonchev–Trinajstić information content (AvgIpc) is 3.48. The lowest BCUT2D eigenvalue weighted by molar-refractivity contribution is -0.113. The molecular weight excluding hydrogens is 414 g/mol. The van der Waals surface area contributed by atoms with Crippen LogP contribution in [-0.2, 0) is 4.79 Å². The van der Waals surface area contributed by atoms with Gasteiger partial charge in [-0.15, -0.1) is 10.2 Å². The van der Waals surface area contributed by atoms with Crippen molar-refractivity contribution in [3.63, 3.8) is 0 Å². The number of hydrogen-bond acceptors (Lipinski definition) is 7. The minimum Gasteiger partial charge on any atom is -0.497 e. The quantitative estimate of drug-likeness (QED) is 0.401. The third kappa shape index (κ3) is 3.71. The molecule has 5 rings (SSSR count). The molecule has 3 heterocycles. The number of nitrogens with one attached hydrogen (secondary N) is 1. The van der Waals surface area contributed by atoms with E-state index in [4.69, 9.17) is 14.1 Å². The molecule has 0 bridgehead atoms. The number of nitrogens with zero attached hydrogens (tertiary/aromatic N) is 4. The van der Waals surface area contributed by atoms with Gasteiger partial charge in [0.2, 0.25) is 5.91 Å². The highest BCUT2D eigenvalue weighted by atomic mass is 32.2. The van der Waals surface area contributed by atoms with Crippen molar-refractivity contribution in [3.05, 3.63) is 66.9 Å². The second kappa shape index (κ2) is 8.11.